The fourth-order valence-electron chi connectivity index (χ4n) is 1.96. The maximum Gasteiger partial charge on any atom is 0.315 e. The number of nitrogens with zero attached hydrogens (tertiary/aromatic N) is 2. The van der Waals surface area contributed by atoms with Crippen molar-refractivity contribution in [3.8, 4) is 0 Å². The highest BCUT2D eigenvalue weighted by atomic mass is 16.6. The van der Waals surface area contributed by atoms with Crippen molar-refractivity contribution < 1.29 is 4.92 Å². The Labute approximate surface area is 121 Å². The third-order valence-corrected chi connectivity index (χ3v) is 3.90. The van der Waals surface area contributed by atoms with Gasteiger partial charge in [0.15, 0.2) is 0 Å². The molecule has 0 saturated heterocycles. The van der Waals surface area contributed by atoms with Gasteiger partial charge in [-0.3, -0.25) is 10.1 Å². The Balaban J connectivity index is 3.29. The monoisotopic (exact) mass is 279 g/mol. The maximum absolute atomic E-state index is 11.5. The number of nitrogens with one attached hydrogen (secondary N) is 1. The third kappa shape index (κ3) is 3.40. The molecule has 1 aromatic rings. The third-order valence-electron chi connectivity index (χ3n) is 3.90. The molecule has 0 aliphatic carbocycles. The minimum Gasteiger partial charge on any atom is -0.379 e. The van der Waals surface area contributed by atoms with Crippen LogP contribution < -0.4 is 10.2 Å². The average Bonchev–Trinajstić information content (AvgIpc) is 2.43. The van der Waals surface area contributed by atoms with Crippen LogP contribution in [0.15, 0.2) is 18.2 Å². The van der Waals surface area contributed by atoms with E-state index in [4.69, 9.17) is 0 Å². The molecule has 0 saturated carbocycles. The topological polar surface area (TPSA) is 58.4 Å². The van der Waals surface area contributed by atoms with Crippen LogP contribution in [0.25, 0.3) is 0 Å². The van der Waals surface area contributed by atoms with Gasteiger partial charge in [-0.05, 0) is 38.8 Å². The summed E-state index contributed by atoms with van der Waals surface area (Å²) in [6.45, 7) is 9.02. The Bertz CT molecular complexity index is 472. The molecule has 5 nitrogen and oxygen atoms in total. The van der Waals surface area contributed by atoms with Crippen LogP contribution in [0.3, 0.4) is 0 Å². The molecule has 0 radical (unpaired) electrons. The average molecular weight is 279 g/mol. The van der Waals surface area contributed by atoms with Crippen LogP contribution in [0, 0.1) is 10.1 Å². The summed E-state index contributed by atoms with van der Waals surface area (Å²) >= 11 is 0. The van der Waals surface area contributed by atoms with E-state index in [0.29, 0.717) is 11.4 Å². The van der Waals surface area contributed by atoms with Gasteiger partial charge in [-0.1, -0.05) is 19.9 Å². The zero-order chi connectivity index (χ0) is 15.3. The van der Waals surface area contributed by atoms with E-state index in [2.05, 4.69) is 26.1 Å². The molecule has 0 aliphatic heterocycles. The summed E-state index contributed by atoms with van der Waals surface area (Å²) in [5.41, 5.74) is 1.27. The van der Waals surface area contributed by atoms with Crippen molar-refractivity contribution in [1.29, 1.82) is 0 Å². The Kier molecular flexibility index (Phi) is 5.36. The van der Waals surface area contributed by atoms with Gasteiger partial charge in [0, 0.05) is 19.1 Å². The van der Waals surface area contributed by atoms with Crippen molar-refractivity contribution in [2.45, 2.75) is 46.1 Å². The van der Waals surface area contributed by atoms with Crippen LogP contribution >= 0.6 is 0 Å². The summed E-state index contributed by atoms with van der Waals surface area (Å²) in [4.78, 5) is 13.2. The molecule has 0 amide bonds. The van der Waals surface area contributed by atoms with Crippen molar-refractivity contribution in [1.82, 2.24) is 0 Å². The number of anilines is 2. The Morgan fingerprint density at radius 3 is 2.50 bits per heavy atom. The smallest absolute Gasteiger partial charge is 0.315 e. The van der Waals surface area contributed by atoms with Crippen molar-refractivity contribution in [3.05, 3.63) is 28.3 Å². The first kappa shape index (κ1) is 16.3. The van der Waals surface area contributed by atoms with E-state index in [1.54, 1.807) is 6.07 Å². The Morgan fingerprint density at radius 1 is 1.35 bits per heavy atom. The fraction of sp³-hybridized carbons (Fsp3) is 0.600. The molecule has 1 aromatic carbocycles. The van der Waals surface area contributed by atoms with Gasteiger partial charge < -0.3 is 10.2 Å². The van der Waals surface area contributed by atoms with E-state index in [1.165, 1.54) is 0 Å². The predicted octanol–water partition coefficient (Wildman–Crippen LogP) is 4.04. The van der Waals surface area contributed by atoms with E-state index < -0.39 is 0 Å². The molecule has 0 atom stereocenters. The van der Waals surface area contributed by atoms with Crippen LogP contribution in [0.5, 0.6) is 0 Å². The van der Waals surface area contributed by atoms with E-state index in [1.807, 2.05) is 31.0 Å². The van der Waals surface area contributed by atoms with E-state index in [0.717, 1.165) is 19.4 Å². The van der Waals surface area contributed by atoms with E-state index in [-0.39, 0.29) is 16.1 Å². The highest BCUT2D eigenvalue weighted by Crippen LogP contribution is 2.38. The van der Waals surface area contributed by atoms with Gasteiger partial charge in [-0.15, -0.1) is 0 Å². The standard InChI is InChI=1S/C15H25N3O2/c1-6-11-16-12-9-8-10-13(14(12)18(19)20)17(5)15(3,4)7-2/h8-10,16H,6-7,11H2,1-5H3. The molecule has 1 rings (SSSR count). The van der Waals surface area contributed by atoms with Crippen LogP contribution in [0.1, 0.15) is 40.5 Å². The molecule has 20 heavy (non-hydrogen) atoms. The number of rotatable bonds is 7. The largest absolute Gasteiger partial charge is 0.379 e. The van der Waals surface area contributed by atoms with Gasteiger partial charge in [0.25, 0.3) is 0 Å². The molecule has 1 N–H and O–H groups in total. The van der Waals surface area contributed by atoms with Crippen LogP contribution in [-0.2, 0) is 0 Å². The van der Waals surface area contributed by atoms with Gasteiger partial charge in [-0.2, -0.15) is 0 Å². The SMILES string of the molecule is CCCNc1cccc(N(C)C(C)(C)CC)c1[N+](=O)[O-]. The minimum absolute atomic E-state index is 0.131. The first-order chi connectivity index (χ1) is 9.35. The van der Waals surface area contributed by atoms with Gasteiger partial charge >= 0.3 is 5.69 Å². The lowest BCUT2D eigenvalue weighted by Gasteiger charge is -2.36. The highest BCUT2D eigenvalue weighted by Gasteiger charge is 2.29. The Morgan fingerprint density at radius 2 is 2.00 bits per heavy atom. The van der Waals surface area contributed by atoms with Crippen LogP contribution in [-0.4, -0.2) is 24.1 Å². The van der Waals surface area contributed by atoms with Gasteiger partial charge in [0.2, 0.25) is 0 Å². The first-order valence-electron chi connectivity index (χ1n) is 7.10. The van der Waals surface area contributed by atoms with Crippen molar-refractivity contribution in [2.75, 3.05) is 23.8 Å². The summed E-state index contributed by atoms with van der Waals surface area (Å²) in [6.07, 6.45) is 1.84. The minimum atomic E-state index is -0.296. The normalized spacial score (nSPS) is 11.2. The second-order valence-electron chi connectivity index (χ2n) is 5.58. The van der Waals surface area contributed by atoms with E-state index >= 15 is 0 Å². The first-order valence-corrected chi connectivity index (χ1v) is 7.10. The van der Waals surface area contributed by atoms with Gasteiger partial charge in [0.05, 0.1) is 4.92 Å². The van der Waals surface area contributed by atoms with Crippen LogP contribution in [0.4, 0.5) is 17.1 Å². The van der Waals surface area contributed by atoms with Crippen LogP contribution in [0.2, 0.25) is 0 Å². The molecular weight excluding hydrogens is 254 g/mol. The van der Waals surface area contributed by atoms with Crippen molar-refractivity contribution >= 4 is 17.1 Å². The van der Waals surface area contributed by atoms with Crippen molar-refractivity contribution in [3.63, 3.8) is 0 Å². The molecule has 0 fully saturated rings. The quantitative estimate of drug-likeness (QED) is 0.604. The molecule has 0 aliphatic rings. The highest BCUT2D eigenvalue weighted by molar-refractivity contribution is 5.77. The number of hydrogen-bond donors (Lipinski definition) is 1. The van der Waals surface area contributed by atoms with Gasteiger partial charge in [0.1, 0.15) is 11.4 Å². The molecule has 0 heterocycles. The lowest BCUT2D eigenvalue weighted by atomic mass is 9.98. The summed E-state index contributed by atoms with van der Waals surface area (Å²) in [7, 11) is 1.91. The van der Waals surface area contributed by atoms with E-state index in [9.17, 15) is 10.1 Å². The predicted molar refractivity (Wildman–Crippen MR) is 84.7 cm³/mol. The summed E-state index contributed by atoms with van der Waals surface area (Å²) < 4.78 is 0. The molecule has 112 valence electrons. The maximum atomic E-state index is 11.5. The summed E-state index contributed by atoms with van der Waals surface area (Å²) in [6, 6.07) is 5.44. The molecule has 0 aromatic heterocycles. The lowest BCUT2D eigenvalue weighted by Crippen LogP contribution is -2.40. The summed E-state index contributed by atoms with van der Waals surface area (Å²) in [5.74, 6) is 0. The molecular formula is C15H25N3O2. The number of benzene rings is 1. The molecule has 0 spiro atoms. The zero-order valence-corrected chi connectivity index (χ0v) is 13.1. The zero-order valence-electron chi connectivity index (χ0n) is 13.1. The Hall–Kier alpha value is -1.78. The molecule has 5 heteroatoms. The molecule has 0 bridgehead atoms. The number of hydrogen-bond acceptors (Lipinski definition) is 4. The van der Waals surface area contributed by atoms with Gasteiger partial charge in [-0.25, -0.2) is 0 Å². The fourth-order valence-corrected chi connectivity index (χ4v) is 1.96. The number of nitro groups is 1. The van der Waals surface area contributed by atoms with Crippen molar-refractivity contribution in [2.24, 2.45) is 0 Å². The lowest BCUT2D eigenvalue weighted by molar-refractivity contribution is -0.383. The molecule has 0 unspecified atom stereocenters. The second kappa shape index (κ2) is 6.59. The second-order valence-corrected chi connectivity index (χ2v) is 5.58. The number of para-hydroxylation sites is 1. The summed E-state index contributed by atoms with van der Waals surface area (Å²) in [5, 5.41) is 14.6. The number of nitro benzene ring substituents is 1.